The van der Waals surface area contributed by atoms with Crippen LogP contribution >= 0.6 is 0 Å². The third-order valence-corrected chi connectivity index (χ3v) is 5.28. The smallest absolute Gasteiger partial charge is 0.224 e. The zero-order valence-electron chi connectivity index (χ0n) is 16.2. The van der Waals surface area contributed by atoms with E-state index in [0.29, 0.717) is 12.8 Å². The molecule has 1 saturated heterocycles. The second kappa shape index (κ2) is 8.91. The predicted molar refractivity (Wildman–Crippen MR) is 111 cm³/mol. The number of phenols is 1. The fourth-order valence-electron chi connectivity index (χ4n) is 3.49. The molecule has 0 saturated carbocycles. The molecule has 0 aromatic heterocycles. The van der Waals surface area contributed by atoms with E-state index in [1.54, 1.807) is 12.1 Å². The summed E-state index contributed by atoms with van der Waals surface area (Å²) in [5, 5.41) is 12.8. The summed E-state index contributed by atoms with van der Waals surface area (Å²) < 4.78 is 0. The molecule has 0 atom stereocenters. The van der Waals surface area contributed by atoms with E-state index < -0.39 is 0 Å². The van der Waals surface area contributed by atoms with Crippen molar-refractivity contribution in [2.24, 2.45) is 0 Å². The van der Waals surface area contributed by atoms with Gasteiger partial charge in [0.15, 0.2) is 0 Å². The van der Waals surface area contributed by atoms with E-state index in [-0.39, 0.29) is 11.7 Å². The fourth-order valence-corrected chi connectivity index (χ4v) is 3.49. The summed E-state index contributed by atoms with van der Waals surface area (Å²) in [5.74, 6) is 0.208. The van der Waals surface area contributed by atoms with E-state index in [4.69, 9.17) is 0 Å². The summed E-state index contributed by atoms with van der Waals surface area (Å²) in [5.41, 5.74) is 3.94. The summed E-state index contributed by atoms with van der Waals surface area (Å²) in [6, 6.07) is 13.4. The highest BCUT2D eigenvalue weighted by Gasteiger charge is 2.16. The van der Waals surface area contributed by atoms with Gasteiger partial charge in [0.05, 0.1) is 0 Å². The van der Waals surface area contributed by atoms with Gasteiger partial charge in [-0.1, -0.05) is 25.1 Å². The minimum absolute atomic E-state index is 0.0364. The first-order chi connectivity index (χ1) is 13.1. The molecule has 1 aliphatic heterocycles. The molecule has 0 radical (unpaired) electrons. The van der Waals surface area contributed by atoms with Crippen molar-refractivity contribution in [3.05, 3.63) is 53.6 Å². The number of rotatable bonds is 6. The molecule has 2 aromatic carbocycles. The maximum absolute atomic E-state index is 12.3. The van der Waals surface area contributed by atoms with Gasteiger partial charge in [-0.05, 0) is 55.3 Å². The Morgan fingerprint density at radius 3 is 2.52 bits per heavy atom. The minimum Gasteiger partial charge on any atom is -0.508 e. The Labute approximate surface area is 161 Å². The van der Waals surface area contributed by atoms with Gasteiger partial charge in [0, 0.05) is 44.0 Å². The van der Waals surface area contributed by atoms with E-state index in [9.17, 15) is 9.90 Å². The number of carbonyl (C=O) groups is 1. The number of anilines is 2. The second-order valence-corrected chi connectivity index (χ2v) is 7.10. The van der Waals surface area contributed by atoms with Crippen molar-refractivity contribution in [3.8, 4) is 5.75 Å². The molecule has 0 spiro atoms. The molecule has 1 fully saturated rings. The van der Waals surface area contributed by atoms with Crippen LogP contribution in [0.25, 0.3) is 0 Å². The highest BCUT2D eigenvalue weighted by molar-refractivity contribution is 5.92. The Bertz CT molecular complexity index is 783. The summed E-state index contributed by atoms with van der Waals surface area (Å²) >= 11 is 0. The third-order valence-electron chi connectivity index (χ3n) is 5.28. The molecule has 0 unspecified atom stereocenters. The Hall–Kier alpha value is -2.53. The number of carbonyl (C=O) groups excluding carboxylic acids is 1. The molecule has 5 heteroatoms. The number of benzene rings is 2. The van der Waals surface area contributed by atoms with Gasteiger partial charge >= 0.3 is 0 Å². The number of hydrogen-bond donors (Lipinski definition) is 2. The molecule has 27 heavy (non-hydrogen) atoms. The Morgan fingerprint density at radius 2 is 1.85 bits per heavy atom. The Kier molecular flexibility index (Phi) is 6.35. The van der Waals surface area contributed by atoms with Crippen molar-refractivity contribution in [2.45, 2.75) is 26.7 Å². The fraction of sp³-hybridized carbons (Fsp3) is 0.409. The van der Waals surface area contributed by atoms with Gasteiger partial charge in [-0.3, -0.25) is 4.79 Å². The maximum atomic E-state index is 12.3. The lowest BCUT2D eigenvalue weighted by Crippen LogP contribution is -2.46. The molecule has 0 bridgehead atoms. The van der Waals surface area contributed by atoms with Crippen LogP contribution in [0.4, 0.5) is 11.4 Å². The van der Waals surface area contributed by atoms with Gasteiger partial charge in [0.25, 0.3) is 0 Å². The SMILES string of the molecule is CCN1CCN(c2ccc(NC(=O)CCc3ccccc3O)c(C)c2)CC1. The molecule has 2 aromatic rings. The van der Waals surface area contributed by atoms with Crippen LogP contribution in [0, 0.1) is 6.92 Å². The second-order valence-electron chi connectivity index (χ2n) is 7.10. The lowest BCUT2D eigenvalue weighted by molar-refractivity contribution is -0.116. The highest BCUT2D eigenvalue weighted by atomic mass is 16.3. The average Bonchev–Trinajstić information content (AvgIpc) is 2.69. The normalized spacial score (nSPS) is 15.0. The van der Waals surface area contributed by atoms with Crippen molar-refractivity contribution < 1.29 is 9.90 Å². The van der Waals surface area contributed by atoms with E-state index in [1.807, 2.05) is 25.1 Å². The van der Waals surface area contributed by atoms with Gasteiger partial charge in [0.2, 0.25) is 5.91 Å². The van der Waals surface area contributed by atoms with Gasteiger partial charge < -0.3 is 20.2 Å². The minimum atomic E-state index is -0.0364. The van der Waals surface area contributed by atoms with E-state index in [2.05, 4.69) is 34.2 Å². The topological polar surface area (TPSA) is 55.8 Å². The van der Waals surface area contributed by atoms with Crippen LogP contribution in [0.15, 0.2) is 42.5 Å². The van der Waals surface area contributed by atoms with Crippen LogP contribution in [0.3, 0.4) is 0 Å². The summed E-state index contributed by atoms with van der Waals surface area (Å²) in [7, 11) is 0. The third kappa shape index (κ3) is 5.01. The van der Waals surface area contributed by atoms with Gasteiger partial charge in [0.1, 0.15) is 5.75 Å². The molecular formula is C22H29N3O2. The van der Waals surface area contributed by atoms with E-state index in [0.717, 1.165) is 49.5 Å². The quantitative estimate of drug-likeness (QED) is 0.821. The molecule has 0 aliphatic carbocycles. The number of hydrogen-bond acceptors (Lipinski definition) is 4. The van der Waals surface area contributed by atoms with E-state index >= 15 is 0 Å². The first-order valence-corrected chi connectivity index (χ1v) is 9.71. The lowest BCUT2D eigenvalue weighted by Gasteiger charge is -2.35. The number of phenolic OH excluding ortho intramolecular Hbond substituents is 1. The standard InChI is InChI=1S/C22H29N3O2/c1-3-24-12-14-25(15-13-24)19-9-10-20(17(2)16-19)23-22(27)11-8-18-6-4-5-7-21(18)26/h4-7,9-10,16,26H,3,8,11-15H2,1-2H3,(H,23,27). The number of likely N-dealkylation sites (N-methyl/N-ethyl adjacent to an activating group) is 1. The number of para-hydroxylation sites is 1. The van der Waals surface area contributed by atoms with Crippen molar-refractivity contribution in [1.29, 1.82) is 0 Å². The highest BCUT2D eigenvalue weighted by Crippen LogP contribution is 2.24. The van der Waals surface area contributed by atoms with Crippen LogP contribution in [-0.2, 0) is 11.2 Å². The van der Waals surface area contributed by atoms with Crippen molar-refractivity contribution in [1.82, 2.24) is 4.90 Å². The molecule has 1 heterocycles. The first-order valence-electron chi connectivity index (χ1n) is 9.71. The van der Waals surface area contributed by atoms with Crippen molar-refractivity contribution in [2.75, 3.05) is 42.9 Å². The molecular weight excluding hydrogens is 338 g/mol. The summed E-state index contributed by atoms with van der Waals surface area (Å²) in [6.45, 7) is 9.62. The Balaban J connectivity index is 1.56. The number of aromatic hydroxyl groups is 1. The lowest BCUT2D eigenvalue weighted by atomic mass is 10.1. The molecule has 1 amide bonds. The zero-order valence-corrected chi connectivity index (χ0v) is 16.2. The van der Waals surface area contributed by atoms with Crippen molar-refractivity contribution >= 4 is 17.3 Å². The molecule has 144 valence electrons. The molecule has 3 rings (SSSR count). The van der Waals surface area contributed by atoms with Crippen LogP contribution in [-0.4, -0.2) is 48.6 Å². The zero-order chi connectivity index (χ0) is 19.2. The van der Waals surface area contributed by atoms with Crippen LogP contribution < -0.4 is 10.2 Å². The van der Waals surface area contributed by atoms with Crippen LogP contribution in [0.1, 0.15) is 24.5 Å². The van der Waals surface area contributed by atoms with Crippen LogP contribution in [0.5, 0.6) is 5.75 Å². The molecule has 1 aliphatic rings. The predicted octanol–water partition coefficient (Wildman–Crippen LogP) is 3.41. The Morgan fingerprint density at radius 1 is 1.11 bits per heavy atom. The van der Waals surface area contributed by atoms with Crippen molar-refractivity contribution in [3.63, 3.8) is 0 Å². The van der Waals surface area contributed by atoms with Gasteiger partial charge in [-0.15, -0.1) is 0 Å². The number of nitrogens with zero attached hydrogens (tertiary/aromatic N) is 2. The number of piperazine rings is 1. The average molecular weight is 367 g/mol. The number of nitrogens with one attached hydrogen (secondary N) is 1. The van der Waals surface area contributed by atoms with Gasteiger partial charge in [-0.25, -0.2) is 0 Å². The van der Waals surface area contributed by atoms with Crippen LogP contribution in [0.2, 0.25) is 0 Å². The summed E-state index contributed by atoms with van der Waals surface area (Å²) in [4.78, 5) is 17.2. The molecule has 2 N–H and O–H groups in total. The first kappa shape index (κ1) is 19.2. The van der Waals surface area contributed by atoms with Gasteiger partial charge in [-0.2, -0.15) is 0 Å². The monoisotopic (exact) mass is 367 g/mol. The number of amides is 1. The van der Waals surface area contributed by atoms with E-state index in [1.165, 1.54) is 5.69 Å². The summed E-state index contributed by atoms with van der Waals surface area (Å²) in [6.07, 6.45) is 0.870. The number of aryl methyl sites for hydroxylation is 2. The molecule has 5 nitrogen and oxygen atoms in total. The largest absolute Gasteiger partial charge is 0.508 e. The maximum Gasteiger partial charge on any atom is 0.224 e.